The summed E-state index contributed by atoms with van der Waals surface area (Å²) in [5, 5.41) is 0. The predicted octanol–water partition coefficient (Wildman–Crippen LogP) is 2.98. The van der Waals surface area contributed by atoms with Gasteiger partial charge in [-0.3, -0.25) is 4.90 Å². The monoisotopic (exact) mass is 242 g/mol. The minimum absolute atomic E-state index is 0.705. The van der Waals surface area contributed by atoms with E-state index in [0.29, 0.717) is 6.04 Å². The van der Waals surface area contributed by atoms with Crippen molar-refractivity contribution in [3.8, 4) is 0 Å². The van der Waals surface area contributed by atoms with Crippen molar-refractivity contribution < 1.29 is 0 Å². The molecule has 18 heavy (non-hydrogen) atoms. The van der Waals surface area contributed by atoms with Crippen molar-refractivity contribution in [2.24, 2.45) is 0 Å². The quantitative estimate of drug-likeness (QED) is 0.747. The second kappa shape index (κ2) is 4.27. The zero-order valence-electron chi connectivity index (χ0n) is 11.1. The van der Waals surface area contributed by atoms with Gasteiger partial charge in [0.1, 0.15) is 0 Å². The maximum Gasteiger partial charge on any atom is 0.0447 e. The van der Waals surface area contributed by atoms with Gasteiger partial charge < -0.3 is 4.90 Å². The predicted molar refractivity (Wildman–Crippen MR) is 75.1 cm³/mol. The molecule has 0 aromatic heterocycles. The molecule has 0 amide bonds. The van der Waals surface area contributed by atoms with Gasteiger partial charge in [-0.05, 0) is 56.3 Å². The lowest BCUT2D eigenvalue weighted by atomic mass is 9.88. The Balaban J connectivity index is 1.77. The van der Waals surface area contributed by atoms with Gasteiger partial charge in [0, 0.05) is 24.8 Å². The number of rotatable bonds is 1. The van der Waals surface area contributed by atoms with E-state index in [1.165, 1.54) is 58.3 Å². The van der Waals surface area contributed by atoms with Gasteiger partial charge in [0.05, 0.1) is 0 Å². The van der Waals surface area contributed by atoms with E-state index in [-0.39, 0.29) is 0 Å². The molecule has 0 spiro atoms. The smallest absolute Gasteiger partial charge is 0.0447 e. The highest BCUT2D eigenvalue weighted by molar-refractivity contribution is 5.63. The molecule has 0 saturated carbocycles. The highest BCUT2D eigenvalue weighted by Gasteiger charge is 2.33. The lowest BCUT2D eigenvalue weighted by Gasteiger charge is -2.42. The van der Waals surface area contributed by atoms with Crippen LogP contribution in [0.1, 0.15) is 42.9 Å². The van der Waals surface area contributed by atoms with Crippen LogP contribution in [0.25, 0.3) is 0 Å². The molecule has 0 bridgehead atoms. The minimum Gasteiger partial charge on any atom is -0.371 e. The summed E-state index contributed by atoms with van der Waals surface area (Å²) in [4.78, 5) is 5.36. The van der Waals surface area contributed by atoms with E-state index in [2.05, 4.69) is 28.0 Å². The van der Waals surface area contributed by atoms with Crippen LogP contribution in [0, 0.1) is 0 Å². The first kappa shape index (κ1) is 10.9. The van der Waals surface area contributed by atoms with Gasteiger partial charge in [0.15, 0.2) is 0 Å². The van der Waals surface area contributed by atoms with Crippen molar-refractivity contribution in [1.82, 2.24) is 4.90 Å². The first-order valence-corrected chi connectivity index (χ1v) is 7.54. The van der Waals surface area contributed by atoms with E-state index < -0.39 is 0 Å². The third-order valence-electron chi connectivity index (χ3n) is 4.95. The van der Waals surface area contributed by atoms with E-state index in [9.17, 15) is 0 Å². The van der Waals surface area contributed by atoms with E-state index in [0.717, 1.165) is 0 Å². The third kappa shape index (κ3) is 1.58. The van der Waals surface area contributed by atoms with Gasteiger partial charge in [0.2, 0.25) is 0 Å². The highest BCUT2D eigenvalue weighted by atomic mass is 15.2. The molecule has 3 aliphatic heterocycles. The number of hydrogen-bond donors (Lipinski definition) is 0. The molecule has 1 saturated heterocycles. The molecule has 3 aliphatic rings. The Morgan fingerprint density at radius 3 is 2.72 bits per heavy atom. The lowest BCUT2D eigenvalue weighted by Crippen LogP contribution is -2.40. The Bertz CT molecular complexity index is 448. The van der Waals surface area contributed by atoms with Crippen molar-refractivity contribution >= 4 is 5.69 Å². The second-order valence-corrected chi connectivity index (χ2v) is 5.99. The fourth-order valence-electron chi connectivity index (χ4n) is 4.13. The third-order valence-corrected chi connectivity index (χ3v) is 4.95. The molecule has 2 heteroatoms. The van der Waals surface area contributed by atoms with Crippen LogP contribution >= 0.6 is 0 Å². The first-order valence-electron chi connectivity index (χ1n) is 7.54. The summed E-state index contributed by atoms with van der Waals surface area (Å²) < 4.78 is 0. The molecule has 0 unspecified atom stereocenters. The number of hydrogen-bond acceptors (Lipinski definition) is 2. The standard InChI is InChI=1S/C16H22N2/c1-2-10-17(9-1)15-8-12-18-11-4-6-13-5-3-7-14(15)16(13)18/h3,5,7,15H,1-2,4,6,8-12H2/t15-/m1/s1. The summed E-state index contributed by atoms with van der Waals surface area (Å²) in [7, 11) is 0. The zero-order chi connectivity index (χ0) is 11.9. The SMILES string of the molecule is c1cc2c3c(c1)[C@H](N1CCCC1)CCN3CCC2. The molecule has 3 heterocycles. The van der Waals surface area contributed by atoms with Gasteiger partial charge in [-0.25, -0.2) is 0 Å². The molecule has 2 nitrogen and oxygen atoms in total. The highest BCUT2D eigenvalue weighted by Crippen LogP contribution is 2.42. The molecular weight excluding hydrogens is 220 g/mol. The van der Waals surface area contributed by atoms with Gasteiger partial charge in [0.25, 0.3) is 0 Å². The van der Waals surface area contributed by atoms with Crippen LogP contribution in [-0.4, -0.2) is 31.1 Å². The Morgan fingerprint density at radius 1 is 0.944 bits per heavy atom. The molecule has 1 aromatic rings. The average molecular weight is 242 g/mol. The molecular formula is C16H22N2. The molecule has 4 rings (SSSR count). The van der Waals surface area contributed by atoms with Crippen LogP contribution in [0.4, 0.5) is 5.69 Å². The topological polar surface area (TPSA) is 6.48 Å². The van der Waals surface area contributed by atoms with Gasteiger partial charge in [-0.2, -0.15) is 0 Å². The summed E-state index contributed by atoms with van der Waals surface area (Å²) in [6.07, 6.45) is 6.75. The average Bonchev–Trinajstić information content (AvgIpc) is 2.94. The largest absolute Gasteiger partial charge is 0.371 e. The van der Waals surface area contributed by atoms with E-state index >= 15 is 0 Å². The van der Waals surface area contributed by atoms with Crippen molar-refractivity contribution in [3.63, 3.8) is 0 Å². The number of para-hydroxylation sites is 1. The van der Waals surface area contributed by atoms with Crippen LogP contribution in [0.3, 0.4) is 0 Å². The summed E-state index contributed by atoms with van der Waals surface area (Å²) in [6.45, 7) is 5.17. The number of anilines is 1. The van der Waals surface area contributed by atoms with Gasteiger partial charge in [-0.15, -0.1) is 0 Å². The van der Waals surface area contributed by atoms with Crippen molar-refractivity contribution in [2.45, 2.75) is 38.1 Å². The van der Waals surface area contributed by atoms with Crippen LogP contribution in [-0.2, 0) is 6.42 Å². The molecule has 0 aliphatic carbocycles. The number of aryl methyl sites for hydroxylation is 1. The summed E-state index contributed by atoms with van der Waals surface area (Å²) >= 11 is 0. The number of nitrogens with zero attached hydrogens (tertiary/aromatic N) is 2. The van der Waals surface area contributed by atoms with Crippen molar-refractivity contribution in [2.75, 3.05) is 31.1 Å². The van der Waals surface area contributed by atoms with Crippen LogP contribution < -0.4 is 4.90 Å². The normalized spacial score (nSPS) is 27.3. The minimum atomic E-state index is 0.705. The molecule has 1 aromatic carbocycles. The summed E-state index contributed by atoms with van der Waals surface area (Å²) in [5.74, 6) is 0. The fourth-order valence-corrected chi connectivity index (χ4v) is 4.13. The molecule has 1 fully saturated rings. The van der Waals surface area contributed by atoms with Crippen molar-refractivity contribution in [3.05, 3.63) is 29.3 Å². The second-order valence-electron chi connectivity index (χ2n) is 5.99. The lowest BCUT2D eigenvalue weighted by molar-refractivity contribution is 0.228. The molecule has 1 atom stereocenters. The maximum atomic E-state index is 2.72. The van der Waals surface area contributed by atoms with Crippen LogP contribution in [0.15, 0.2) is 18.2 Å². The zero-order valence-corrected chi connectivity index (χ0v) is 11.1. The van der Waals surface area contributed by atoms with Crippen LogP contribution in [0.5, 0.6) is 0 Å². The van der Waals surface area contributed by atoms with Crippen molar-refractivity contribution in [1.29, 1.82) is 0 Å². The number of likely N-dealkylation sites (tertiary alicyclic amines) is 1. The van der Waals surface area contributed by atoms with Crippen LogP contribution in [0.2, 0.25) is 0 Å². The fraction of sp³-hybridized carbons (Fsp3) is 0.625. The first-order chi connectivity index (χ1) is 8.93. The van der Waals surface area contributed by atoms with Gasteiger partial charge in [-0.1, -0.05) is 18.2 Å². The maximum absolute atomic E-state index is 2.72. The number of benzene rings is 1. The van der Waals surface area contributed by atoms with E-state index in [1.807, 2.05) is 0 Å². The Morgan fingerprint density at radius 2 is 1.83 bits per heavy atom. The Kier molecular flexibility index (Phi) is 2.58. The summed E-state index contributed by atoms with van der Waals surface area (Å²) in [5.41, 5.74) is 4.83. The van der Waals surface area contributed by atoms with E-state index in [4.69, 9.17) is 0 Å². The summed E-state index contributed by atoms with van der Waals surface area (Å²) in [6, 6.07) is 7.72. The van der Waals surface area contributed by atoms with Gasteiger partial charge >= 0.3 is 0 Å². The molecule has 96 valence electrons. The Hall–Kier alpha value is -1.02. The Labute approximate surface area is 110 Å². The molecule has 0 N–H and O–H groups in total. The van der Waals surface area contributed by atoms with E-state index in [1.54, 1.807) is 16.8 Å². The molecule has 0 radical (unpaired) electrons.